The second kappa shape index (κ2) is 9.74. The van der Waals surface area contributed by atoms with Crippen LogP contribution in [0, 0.1) is 0 Å². The van der Waals surface area contributed by atoms with Gasteiger partial charge in [-0.2, -0.15) is 13.2 Å². The zero-order chi connectivity index (χ0) is 25.3. The summed E-state index contributed by atoms with van der Waals surface area (Å²) in [5.74, 6) is -1.23. The first-order valence-corrected chi connectivity index (χ1v) is 11.2. The van der Waals surface area contributed by atoms with E-state index in [0.717, 1.165) is 0 Å². The van der Waals surface area contributed by atoms with Crippen LogP contribution in [-0.2, 0) is 11.3 Å². The molecule has 2 aromatic carbocycles. The van der Waals surface area contributed by atoms with E-state index in [1.54, 1.807) is 36.1 Å². The number of halogens is 4. The molecular formula is C23H22ClF3N4O4. The first-order valence-electron chi connectivity index (χ1n) is 10.8. The molecule has 1 aliphatic rings. The second-order valence-electron chi connectivity index (χ2n) is 8.13. The lowest BCUT2D eigenvalue weighted by molar-refractivity contribution is -0.141. The van der Waals surface area contributed by atoms with Crippen molar-refractivity contribution in [3.05, 3.63) is 62.9 Å². The molecule has 186 valence electrons. The first kappa shape index (κ1) is 24.8. The van der Waals surface area contributed by atoms with Crippen LogP contribution in [0.5, 0.6) is 0 Å². The van der Waals surface area contributed by atoms with Gasteiger partial charge >= 0.3 is 12.1 Å². The van der Waals surface area contributed by atoms with E-state index >= 15 is 0 Å². The molecule has 3 aromatic rings. The van der Waals surface area contributed by atoms with Crippen LogP contribution in [0.4, 0.5) is 24.8 Å². The third-order valence-electron chi connectivity index (χ3n) is 5.66. The van der Waals surface area contributed by atoms with Crippen LogP contribution in [-0.4, -0.2) is 53.1 Å². The van der Waals surface area contributed by atoms with Crippen molar-refractivity contribution in [2.75, 3.05) is 36.5 Å². The van der Waals surface area contributed by atoms with Crippen LogP contribution >= 0.6 is 11.6 Å². The molecule has 0 radical (unpaired) electrons. The number of morpholine rings is 1. The van der Waals surface area contributed by atoms with E-state index in [0.29, 0.717) is 15.8 Å². The average molecular weight is 511 g/mol. The number of alkyl halides is 3. The van der Waals surface area contributed by atoms with E-state index in [1.807, 2.05) is 0 Å². The Labute approximate surface area is 202 Å². The van der Waals surface area contributed by atoms with E-state index in [1.165, 1.54) is 12.1 Å². The number of aromatic nitrogens is 2. The number of fused-ring (bicyclic) bond motifs is 1. The molecule has 4 rings (SSSR count). The molecule has 1 unspecified atom stereocenters. The molecule has 12 heteroatoms. The van der Waals surface area contributed by atoms with Crippen LogP contribution < -0.4 is 15.8 Å². The van der Waals surface area contributed by atoms with Crippen molar-refractivity contribution in [2.45, 2.75) is 25.7 Å². The molecule has 0 aliphatic carbocycles. The number of para-hydroxylation sites is 1. The number of hydrogen-bond acceptors (Lipinski definition) is 6. The largest absolute Gasteiger partial charge is 0.478 e. The van der Waals surface area contributed by atoms with Gasteiger partial charge in [-0.15, -0.1) is 0 Å². The Morgan fingerprint density at radius 2 is 1.94 bits per heavy atom. The molecule has 1 aromatic heterocycles. The van der Waals surface area contributed by atoms with E-state index in [9.17, 15) is 27.9 Å². The van der Waals surface area contributed by atoms with Crippen molar-refractivity contribution in [1.29, 1.82) is 0 Å². The minimum Gasteiger partial charge on any atom is -0.478 e. The van der Waals surface area contributed by atoms with Crippen molar-refractivity contribution in [3.8, 4) is 0 Å². The topological polar surface area (TPSA) is 96.7 Å². The Morgan fingerprint density at radius 1 is 1.26 bits per heavy atom. The number of benzene rings is 2. The molecule has 2 heterocycles. The molecule has 1 aliphatic heterocycles. The lowest BCUT2D eigenvalue weighted by Gasteiger charge is -2.30. The van der Waals surface area contributed by atoms with Gasteiger partial charge in [0.05, 0.1) is 35.7 Å². The number of ether oxygens (including phenoxy) is 1. The van der Waals surface area contributed by atoms with E-state index < -0.39 is 30.3 Å². The number of nitrogens with one attached hydrogen (secondary N) is 1. The first-order chi connectivity index (χ1) is 16.5. The number of aromatic carboxylic acids is 1. The fourth-order valence-electron chi connectivity index (χ4n) is 4.07. The van der Waals surface area contributed by atoms with Gasteiger partial charge in [-0.05, 0) is 31.2 Å². The van der Waals surface area contributed by atoms with Gasteiger partial charge in [0.1, 0.15) is 6.54 Å². The van der Waals surface area contributed by atoms with Gasteiger partial charge < -0.3 is 20.1 Å². The number of carboxylic acid groups (broad SMARTS) is 1. The van der Waals surface area contributed by atoms with Gasteiger partial charge in [0.15, 0.2) is 0 Å². The maximum atomic E-state index is 13.4. The van der Waals surface area contributed by atoms with E-state index in [2.05, 4.69) is 10.3 Å². The van der Waals surface area contributed by atoms with Crippen LogP contribution in [0.2, 0.25) is 5.02 Å². The highest BCUT2D eigenvalue weighted by Crippen LogP contribution is 2.31. The lowest BCUT2D eigenvalue weighted by atomic mass is 10.0. The summed E-state index contributed by atoms with van der Waals surface area (Å²) in [5, 5.41) is 12.7. The van der Waals surface area contributed by atoms with Crippen molar-refractivity contribution in [3.63, 3.8) is 0 Å². The molecule has 2 N–H and O–H groups in total. The summed E-state index contributed by atoms with van der Waals surface area (Å²) in [4.78, 5) is 31.0. The summed E-state index contributed by atoms with van der Waals surface area (Å²) >= 11 is 6.25. The second-order valence-corrected chi connectivity index (χ2v) is 8.56. The fourth-order valence-corrected chi connectivity index (χ4v) is 4.29. The number of carboxylic acids is 1. The van der Waals surface area contributed by atoms with Crippen molar-refractivity contribution in [2.24, 2.45) is 0 Å². The van der Waals surface area contributed by atoms with Crippen molar-refractivity contribution in [1.82, 2.24) is 9.55 Å². The highest BCUT2D eigenvalue weighted by atomic mass is 35.5. The van der Waals surface area contributed by atoms with Gasteiger partial charge in [0.25, 0.3) is 5.56 Å². The smallest absolute Gasteiger partial charge is 0.406 e. The SMILES string of the molecule is CC(Nc1ccccc1C(=O)O)c1cc(Cl)cc2c(=O)n(CC(F)(F)F)c(N3CCOCC3)nc12. The lowest BCUT2D eigenvalue weighted by Crippen LogP contribution is -2.42. The van der Waals surface area contributed by atoms with Gasteiger partial charge in [0, 0.05) is 29.4 Å². The summed E-state index contributed by atoms with van der Waals surface area (Å²) in [6, 6.07) is 8.57. The Kier molecular flexibility index (Phi) is 6.91. The minimum atomic E-state index is -4.64. The van der Waals surface area contributed by atoms with Crippen LogP contribution in [0.15, 0.2) is 41.2 Å². The Morgan fingerprint density at radius 3 is 2.60 bits per heavy atom. The van der Waals surface area contributed by atoms with Crippen molar-refractivity contribution >= 4 is 40.1 Å². The fraction of sp³-hybridized carbons (Fsp3) is 0.348. The molecule has 1 atom stereocenters. The van der Waals surface area contributed by atoms with Crippen LogP contribution in [0.1, 0.15) is 28.9 Å². The highest BCUT2D eigenvalue weighted by Gasteiger charge is 2.32. The Balaban J connectivity index is 1.88. The zero-order valence-corrected chi connectivity index (χ0v) is 19.4. The highest BCUT2D eigenvalue weighted by molar-refractivity contribution is 6.31. The summed E-state index contributed by atoms with van der Waals surface area (Å²) in [5.41, 5.74) is 0.140. The monoisotopic (exact) mass is 510 g/mol. The molecule has 1 saturated heterocycles. The molecule has 0 saturated carbocycles. The standard InChI is InChI=1S/C23H22ClF3N4O4/c1-13(28-18-5-3-2-4-15(18)21(33)34)16-10-14(24)11-17-19(16)29-22(30-6-8-35-9-7-30)31(20(17)32)12-23(25,26)27/h2-5,10-11,13,28H,6-9,12H2,1H3,(H,33,34). The zero-order valence-electron chi connectivity index (χ0n) is 18.6. The number of nitrogens with zero attached hydrogens (tertiary/aromatic N) is 3. The van der Waals surface area contributed by atoms with E-state index in [-0.39, 0.29) is 53.7 Å². The summed E-state index contributed by atoms with van der Waals surface area (Å²) in [7, 11) is 0. The molecule has 0 bridgehead atoms. The average Bonchev–Trinajstić information content (AvgIpc) is 2.80. The van der Waals surface area contributed by atoms with Gasteiger partial charge in [-0.25, -0.2) is 9.78 Å². The quantitative estimate of drug-likeness (QED) is 0.510. The predicted octanol–water partition coefficient (Wildman–Crippen LogP) is 4.32. The Bertz CT molecular complexity index is 1320. The number of hydrogen-bond donors (Lipinski definition) is 2. The third kappa shape index (κ3) is 5.35. The number of carbonyl (C=O) groups is 1. The molecule has 0 spiro atoms. The van der Waals surface area contributed by atoms with Crippen LogP contribution in [0.3, 0.4) is 0 Å². The molecule has 35 heavy (non-hydrogen) atoms. The summed E-state index contributed by atoms with van der Waals surface area (Å²) in [6.45, 7) is 1.36. The van der Waals surface area contributed by atoms with Gasteiger partial charge in [-0.1, -0.05) is 23.7 Å². The van der Waals surface area contributed by atoms with Crippen LogP contribution in [0.25, 0.3) is 10.9 Å². The van der Waals surface area contributed by atoms with Gasteiger partial charge in [0.2, 0.25) is 5.95 Å². The molecule has 0 amide bonds. The minimum absolute atomic E-state index is 0.0418. The third-order valence-corrected chi connectivity index (χ3v) is 5.88. The predicted molar refractivity (Wildman–Crippen MR) is 126 cm³/mol. The molecular weight excluding hydrogens is 489 g/mol. The molecule has 8 nitrogen and oxygen atoms in total. The molecule has 1 fully saturated rings. The normalized spacial score (nSPS) is 15.3. The van der Waals surface area contributed by atoms with Gasteiger partial charge in [-0.3, -0.25) is 9.36 Å². The Hall–Kier alpha value is -3.31. The maximum Gasteiger partial charge on any atom is 0.406 e. The number of anilines is 2. The number of rotatable bonds is 6. The van der Waals surface area contributed by atoms with Crippen molar-refractivity contribution < 1.29 is 27.8 Å². The summed E-state index contributed by atoms with van der Waals surface area (Å²) < 4.78 is 46.1. The van der Waals surface area contributed by atoms with E-state index in [4.69, 9.17) is 16.3 Å². The maximum absolute atomic E-state index is 13.4. The summed E-state index contributed by atoms with van der Waals surface area (Å²) in [6.07, 6.45) is -4.64.